The molecule has 1 N–H and O–H groups in total. The number of hydrogen-bond acceptors (Lipinski definition) is 2. The van der Waals surface area contributed by atoms with Crippen molar-refractivity contribution in [3.05, 3.63) is 64.7 Å². The average molecular weight is 269 g/mol. The molecule has 0 radical (unpaired) electrons. The zero-order valence-corrected chi connectivity index (χ0v) is 12.1. The molecular formula is C17H19NO2. The van der Waals surface area contributed by atoms with Crippen LogP contribution >= 0.6 is 0 Å². The van der Waals surface area contributed by atoms with Crippen LogP contribution in [0.2, 0.25) is 0 Å². The topological polar surface area (TPSA) is 40.5 Å². The number of amides is 1. The Bertz CT molecular complexity index is 635. The Hall–Kier alpha value is -2.29. The van der Waals surface area contributed by atoms with Crippen LogP contribution in [0.25, 0.3) is 0 Å². The summed E-state index contributed by atoms with van der Waals surface area (Å²) in [6.45, 7) is 4.34. The molecule has 2 aromatic rings. The number of aryl methyl sites for hydroxylation is 2. The number of para-hydroxylation sites is 1. The molecule has 0 aliphatic carbocycles. The van der Waals surface area contributed by atoms with Gasteiger partial charge in [-0.2, -0.15) is 0 Å². The fourth-order valence-electron chi connectivity index (χ4n) is 2.15. The first-order chi connectivity index (χ1) is 9.50. The normalized spacial score (nSPS) is 10.3. The average Bonchev–Trinajstić information content (AvgIpc) is 2.43. The standard InChI is InChI=1S/C17H19NO2/c1-12-7-4-5-9-14(12)11-18(3)17(20)15-10-6-8-13(2)16(15)19/h4-10,19H,11H2,1-3H3. The molecule has 1 amide bonds. The van der Waals surface area contributed by atoms with E-state index in [1.54, 1.807) is 37.1 Å². The maximum Gasteiger partial charge on any atom is 0.257 e. The van der Waals surface area contributed by atoms with Crippen LogP contribution in [0.5, 0.6) is 5.75 Å². The van der Waals surface area contributed by atoms with E-state index in [4.69, 9.17) is 0 Å². The van der Waals surface area contributed by atoms with Gasteiger partial charge in [-0.1, -0.05) is 36.4 Å². The molecule has 20 heavy (non-hydrogen) atoms. The van der Waals surface area contributed by atoms with Gasteiger partial charge in [-0.05, 0) is 36.6 Å². The molecule has 0 unspecified atom stereocenters. The molecule has 0 bridgehead atoms. The van der Waals surface area contributed by atoms with Crippen molar-refractivity contribution in [2.75, 3.05) is 7.05 Å². The van der Waals surface area contributed by atoms with Crippen molar-refractivity contribution in [1.82, 2.24) is 4.90 Å². The number of rotatable bonds is 3. The first kappa shape index (κ1) is 14.1. The van der Waals surface area contributed by atoms with Gasteiger partial charge in [-0.25, -0.2) is 0 Å². The van der Waals surface area contributed by atoms with Gasteiger partial charge in [-0.3, -0.25) is 4.79 Å². The highest BCUT2D eigenvalue weighted by atomic mass is 16.3. The largest absolute Gasteiger partial charge is 0.507 e. The lowest BCUT2D eigenvalue weighted by molar-refractivity contribution is 0.0781. The molecule has 0 aliphatic heterocycles. The van der Waals surface area contributed by atoms with Crippen LogP contribution in [-0.4, -0.2) is 23.0 Å². The van der Waals surface area contributed by atoms with E-state index in [0.29, 0.717) is 17.7 Å². The zero-order chi connectivity index (χ0) is 14.7. The summed E-state index contributed by atoms with van der Waals surface area (Å²) in [5.41, 5.74) is 3.32. The smallest absolute Gasteiger partial charge is 0.257 e. The Morgan fingerprint density at radius 3 is 2.40 bits per heavy atom. The Labute approximate surface area is 119 Å². The molecule has 2 aromatic carbocycles. The fraction of sp³-hybridized carbons (Fsp3) is 0.235. The molecule has 104 valence electrons. The van der Waals surface area contributed by atoms with E-state index >= 15 is 0 Å². The van der Waals surface area contributed by atoms with Gasteiger partial charge in [0.2, 0.25) is 0 Å². The maximum absolute atomic E-state index is 12.4. The van der Waals surface area contributed by atoms with Crippen molar-refractivity contribution >= 4 is 5.91 Å². The quantitative estimate of drug-likeness (QED) is 0.929. The van der Waals surface area contributed by atoms with Gasteiger partial charge < -0.3 is 10.0 Å². The fourth-order valence-corrected chi connectivity index (χ4v) is 2.15. The highest BCUT2D eigenvalue weighted by Gasteiger charge is 2.17. The third kappa shape index (κ3) is 2.82. The molecule has 0 spiro atoms. The minimum atomic E-state index is -0.172. The number of hydrogen-bond donors (Lipinski definition) is 1. The van der Waals surface area contributed by atoms with E-state index in [1.165, 1.54) is 0 Å². The predicted octanol–water partition coefficient (Wildman–Crippen LogP) is 3.28. The van der Waals surface area contributed by atoms with E-state index in [2.05, 4.69) is 0 Å². The van der Waals surface area contributed by atoms with Gasteiger partial charge in [-0.15, -0.1) is 0 Å². The summed E-state index contributed by atoms with van der Waals surface area (Å²) in [7, 11) is 1.75. The maximum atomic E-state index is 12.4. The van der Waals surface area contributed by atoms with Crippen molar-refractivity contribution < 1.29 is 9.90 Å². The van der Waals surface area contributed by atoms with Gasteiger partial charge in [0.1, 0.15) is 5.75 Å². The molecule has 0 heterocycles. The van der Waals surface area contributed by atoms with Gasteiger partial charge >= 0.3 is 0 Å². The van der Waals surface area contributed by atoms with E-state index < -0.39 is 0 Å². The highest BCUT2D eigenvalue weighted by molar-refractivity contribution is 5.97. The van der Waals surface area contributed by atoms with Crippen LogP contribution in [0.1, 0.15) is 27.0 Å². The Balaban J connectivity index is 2.21. The molecule has 0 fully saturated rings. The van der Waals surface area contributed by atoms with E-state index in [-0.39, 0.29) is 11.7 Å². The molecule has 0 atom stereocenters. The number of benzene rings is 2. The SMILES string of the molecule is Cc1ccccc1CN(C)C(=O)c1cccc(C)c1O. The summed E-state index contributed by atoms with van der Waals surface area (Å²) in [5, 5.41) is 9.99. The van der Waals surface area contributed by atoms with Crippen molar-refractivity contribution in [2.24, 2.45) is 0 Å². The molecule has 0 aromatic heterocycles. The summed E-state index contributed by atoms with van der Waals surface area (Å²) in [4.78, 5) is 14.0. The van der Waals surface area contributed by atoms with E-state index in [1.807, 2.05) is 31.2 Å². The monoisotopic (exact) mass is 269 g/mol. The van der Waals surface area contributed by atoms with Crippen molar-refractivity contribution in [3.63, 3.8) is 0 Å². The van der Waals surface area contributed by atoms with Crippen molar-refractivity contribution in [1.29, 1.82) is 0 Å². The molecule has 0 aliphatic rings. The summed E-state index contributed by atoms with van der Waals surface area (Å²) < 4.78 is 0. The first-order valence-electron chi connectivity index (χ1n) is 6.59. The summed E-state index contributed by atoms with van der Waals surface area (Å²) in [5.74, 6) is -0.108. The highest BCUT2D eigenvalue weighted by Crippen LogP contribution is 2.23. The number of phenols is 1. The first-order valence-corrected chi connectivity index (χ1v) is 6.59. The lowest BCUT2D eigenvalue weighted by atomic mass is 10.1. The number of nitrogens with zero attached hydrogens (tertiary/aromatic N) is 1. The molecule has 3 nitrogen and oxygen atoms in total. The number of carbonyl (C=O) groups excluding carboxylic acids is 1. The summed E-state index contributed by atoms with van der Waals surface area (Å²) in [6.07, 6.45) is 0. The van der Waals surface area contributed by atoms with E-state index in [9.17, 15) is 9.90 Å². The molecule has 3 heteroatoms. The second-order valence-corrected chi connectivity index (χ2v) is 5.06. The summed E-state index contributed by atoms with van der Waals surface area (Å²) >= 11 is 0. The Morgan fingerprint density at radius 1 is 1.05 bits per heavy atom. The van der Waals surface area contributed by atoms with Crippen molar-refractivity contribution in [3.8, 4) is 5.75 Å². The van der Waals surface area contributed by atoms with Gasteiger partial charge in [0, 0.05) is 13.6 Å². The predicted molar refractivity (Wildman–Crippen MR) is 79.8 cm³/mol. The molecule has 0 saturated heterocycles. The lowest BCUT2D eigenvalue weighted by Gasteiger charge is -2.19. The third-order valence-corrected chi connectivity index (χ3v) is 3.48. The van der Waals surface area contributed by atoms with Crippen LogP contribution in [0.3, 0.4) is 0 Å². The van der Waals surface area contributed by atoms with Crippen LogP contribution in [0.15, 0.2) is 42.5 Å². The van der Waals surface area contributed by atoms with Gasteiger partial charge in [0.15, 0.2) is 0 Å². The van der Waals surface area contributed by atoms with Gasteiger partial charge in [0.25, 0.3) is 5.91 Å². The second-order valence-electron chi connectivity index (χ2n) is 5.06. The molecular weight excluding hydrogens is 250 g/mol. The van der Waals surface area contributed by atoms with Crippen LogP contribution < -0.4 is 0 Å². The van der Waals surface area contributed by atoms with Crippen LogP contribution in [0.4, 0.5) is 0 Å². The number of aromatic hydroxyl groups is 1. The number of carbonyl (C=O) groups is 1. The van der Waals surface area contributed by atoms with Gasteiger partial charge in [0.05, 0.1) is 5.56 Å². The number of phenolic OH excluding ortho intramolecular Hbond substituents is 1. The van der Waals surface area contributed by atoms with Crippen molar-refractivity contribution in [2.45, 2.75) is 20.4 Å². The molecule has 0 saturated carbocycles. The Kier molecular flexibility index (Phi) is 4.08. The minimum Gasteiger partial charge on any atom is -0.507 e. The minimum absolute atomic E-state index is 0.0640. The van der Waals surface area contributed by atoms with Crippen LogP contribution in [-0.2, 0) is 6.54 Å². The second kappa shape index (κ2) is 5.78. The third-order valence-electron chi connectivity index (χ3n) is 3.48. The zero-order valence-electron chi connectivity index (χ0n) is 12.1. The van der Waals surface area contributed by atoms with Crippen LogP contribution in [0, 0.1) is 13.8 Å². The lowest BCUT2D eigenvalue weighted by Crippen LogP contribution is -2.26. The molecule has 2 rings (SSSR count). The van der Waals surface area contributed by atoms with E-state index in [0.717, 1.165) is 11.1 Å². The Morgan fingerprint density at radius 2 is 1.70 bits per heavy atom. The summed E-state index contributed by atoms with van der Waals surface area (Å²) in [6, 6.07) is 13.2.